The molecule has 1 aliphatic carbocycles. The van der Waals surface area contributed by atoms with Gasteiger partial charge in [-0.05, 0) is 49.3 Å². The highest BCUT2D eigenvalue weighted by molar-refractivity contribution is 6.40. The lowest BCUT2D eigenvalue weighted by Crippen LogP contribution is -2.65. The predicted octanol–water partition coefficient (Wildman–Crippen LogP) is 4.57. The van der Waals surface area contributed by atoms with E-state index in [2.05, 4.69) is 15.6 Å². The second-order valence-electron chi connectivity index (χ2n) is 11.2. The molecule has 9 nitrogen and oxygen atoms in total. The highest BCUT2D eigenvalue weighted by Gasteiger charge is 2.49. The molecule has 0 spiro atoms. The van der Waals surface area contributed by atoms with Crippen LogP contribution in [-0.2, 0) is 20.8 Å². The molecule has 1 aromatic carbocycles. The van der Waals surface area contributed by atoms with Crippen LogP contribution in [0.1, 0.15) is 62.4 Å². The fraction of sp³-hybridized carbons (Fsp3) is 0.464. The number of carbonyl (C=O) groups excluding carboxylic acids is 3. The summed E-state index contributed by atoms with van der Waals surface area (Å²) in [4.78, 5) is 57.0. The molecule has 0 radical (unpaired) electrons. The molecule has 5 rings (SSSR count). The number of rotatable bonds is 7. The van der Waals surface area contributed by atoms with Crippen molar-refractivity contribution in [2.75, 3.05) is 5.32 Å². The number of pyridine rings is 1. The topological polar surface area (TPSA) is 129 Å². The van der Waals surface area contributed by atoms with Gasteiger partial charge in [0.2, 0.25) is 11.8 Å². The molecular formula is C28H32Cl2N4O5. The molecule has 11 heteroatoms. The second kappa shape index (κ2) is 11.5. The first kappa shape index (κ1) is 28.8. The lowest BCUT2D eigenvalue weighted by molar-refractivity contribution is -0.160. The molecule has 2 atom stereocenters. The van der Waals surface area contributed by atoms with Gasteiger partial charge < -0.3 is 20.6 Å². The zero-order valence-corrected chi connectivity index (χ0v) is 23.6. The average Bonchev–Trinajstić information content (AvgIpc) is 2.88. The second-order valence-corrected chi connectivity index (χ2v) is 12.0. The largest absolute Gasteiger partial charge is 0.480 e. The molecule has 1 saturated carbocycles. The number of carboxylic acid groups (broad SMARTS) is 1. The third kappa shape index (κ3) is 6.36. The van der Waals surface area contributed by atoms with Crippen molar-refractivity contribution in [3.63, 3.8) is 0 Å². The van der Waals surface area contributed by atoms with Crippen molar-refractivity contribution < 1.29 is 24.3 Å². The predicted molar refractivity (Wildman–Crippen MR) is 148 cm³/mol. The number of carboxylic acids is 1. The first-order valence-corrected chi connectivity index (χ1v) is 13.7. The van der Waals surface area contributed by atoms with Crippen molar-refractivity contribution in [2.45, 2.75) is 71.0 Å². The smallest absolute Gasteiger partial charge is 0.326 e. The highest BCUT2D eigenvalue weighted by Crippen LogP contribution is 2.41. The molecule has 0 unspecified atom stereocenters. The fourth-order valence-electron chi connectivity index (χ4n) is 5.41. The van der Waals surface area contributed by atoms with Gasteiger partial charge >= 0.3 is 5.97 Å². The van der Waals surface area contributed by atoms with Crippen molar-refractivity contribution in [1.29, 1.82) is 0 Å². The molecular weight excluding hydrogens is 543 g/mol. The Balaban J connectivity index is 1.44. The molecule has 2 bridgehead atoms. The molecule has 2 saturated heterocycles. The van der Waals surface area contributed by atoms with Gasteiger partial charge in [-0.2, -0.15) is 0 Å². The number of benzene rings is 1. The molecule has 2 aliphatic heterocycles. The summed E-state index contributed by atoms with van der Waals surface area (Å²) in [5.74, 6) is -2.18. The summed E-state index contributed by atoms with van der Waals surface area (Å²) in [6.45, 7) is 5.50. The third-order valence-electron chi connectivity index (χ3n) is 7.37. The maximum absolute atomic E-state index is 13.5. The van der Waals surface area contributed by atoms with E-state index in [1.165, 1.54) is 12.4 Å². The van der Waals surface area contributed by atoms with Crippen molar-refractivity contribution in [1.82, 2.24) is 15.2 Å². The normalized spacial score (nSPS) is 21.3. The third-order valence-corrected chi connectivity index (χ3v) is 7.95. The lowest BCUT2D eigenvalue weighted by Gasteiger charge is -2.52. The average molecular weight is 575 g/mol. The minimum absolute atomic E-state index is 0.000388. The fourth-order valence-corrected chi connectivity index (χ4v) is 5.94. The first-order valence-electron chi connectivity index (χ1n) is 12.9. The number of fused-ring (bicyclic) bond motifs is 3. The Morgan fingerprint density at radius 1 is 1.03 bits per heavy atom. The van der Waals surface area contributed by atoms with Crippen LogP contribution in [0.4, 0.5) is 5.69 Å². The van der Waals surface area contributed by atoms with E-state index in [9.17, 15) is 24.3 Å². The summed E-state index contributed by atoms with van der Waals surface area (Å²) in [7, 11) is 0. The molecule has 3 fully saturated rings. The minimum atomic E-state index is -1.18. The van der Waals surface area contributed by atoms with E-state index in [0.717, 1.165) is 25.7 Å². The maximum Gasteiger partial charge on any atom is 0.326 e. The first-order chi connectivity index (χ1) is 18.4. The van der Waals surface area contributed by atoms with Gasteiger partial charge in [0, 0.05) is 36.0 Å². The van der Waals surface area contributed by atoms with Gasteiger partial charge in [-0.3, -0.25) is 19.4 Å². The number of piperidine rings is 2. The number of anilines is 1. The van der Waals surface area contributed by atoms with Crippen molar-refractivity contribution in [2.24, 2.45) is 11.3 Å². The Labute approximate surface area is 237 Å². The standard InChI is InChI=1S/C28H32Cl2N4O5/c1-28(2,3)27(39)34-18-10-6-16(7-11-18)23(34)25(36)33-21(26(37)38)12-15-4-8-17(9-5-15)32-24(35)22-19(29)13-31-14-20(22)30/h4-5,8-9,13-14,16,18,21,23H,6-7,10-12H2,1-3H3,(H,32,35)(H,33,36)(H,37,38)/t16?,18?,21-,23-/m0/s1. The molecule has 208 valence electrons. The monoisotopic (exact) mass is 574 g/mol. The van der Waals surface area contributed by atoms with E-state index in [0.29, 0.717) is 11.3 Å². The minimum Gasteiger partial charge on any atom is -0.480 e. The quantitative estimate of drug-likeness (QED) is 0.444. The van der Waals surface area contributed by atoms with Gasteiger partial charge in [-0.15, -0.1) is 0 Å². The van der Waals surface area contributed by atoms with Crippen LogP contribution >= 0.6 is 23.2 Å². The number of carbonyl (C=O) groups is 4. The summed E-state index contributed by atoms with van der Waals surface area (Å²) in [6.07, 6.45) is 6.09. The summed E-state index contributed by atoms with van der Waals surface area (Å²) in [5.41, 5.74) is 0.557. The zero-order chi connectivity index (χ0) is 28.5. The molecule has 2 aromatic rings. The van der Waals surface area contributed by atoms with Crippen LogP contribution in [0.25, 0.3) is 0 Å². The number of amides is 3. The van der Waals surface area contributed by atoms with E-state index in [-0.39, 0.29) is 39.9 Å². The van der Waals surface area contributed by atoms with E-state index < -0.39 is 35.3 Å². The molecule has 39 heavy (non-hydrogen) atoms. The SMILES string of the molecule is CC(C)(C)C(=O)N1C2CCC(CC2)[C@H]1C(=O)N[C@@H](Cc1ccc(NC(=O)c2c(Cl)cncc2Cl)cc1)C(=O)O. The van der Waals surface area contributed by atoms with Gasteiger partial charge in [-0.25, -0.2) is 4.79 Å². The number of nitrogens with zero attached hydrogens (tertiary/aromatic N) is 2. The van der Waals surface area contributed by atoms with Crippen LogP contribution in [0.15, 0.2) is 36.7 Å². The van der Waals surface area contributed by atoms with Crippen LogP contribution in [-0.4, -0.2) is 56.8 Å². The molecule has 3 heterocycles. The number of aromatic nitrogens is 1. The van der Waals surface area contributed by atoms with Gasteiger partial charge in [0.05, 0.1) is 15.6 Å². The highest BCUT2D eigenvalue weighted by atomic mass is 35.5. The van der Waals surface area contributed by atoms with Gasteiger partial charge in [0.25, 0.3) is 5.91 Å². The number of hydrogen-bond donors (Lipinski definition) is 3. The number of hydrogen-bond acceptors (Lipinski definition) is 5. The Bertz CT molecular complexity index is 1250. The number of aliphatic carboxylic acids is 1. The summed E-state index contributed by atoms with van der Waals surface area (Å²) in [6, 6.07) is 4.74. The Morgan fingerprint density at radius 3 is 2.15 bits per heavy atom. The van der Waals surface area contributed by atoms with Crippen LogP contribution in [0.5, 0.6) is 0 Å². The molecule has 1 aromatic heterocycles. The number of halogens is 2. The van der Waals surface area contributed by atoms with Gasteiger partial charge in [0.1, 0.15) is 12.1 Å². The Morgan fingerprint density at radius 2 is 1.62 bits per heavy atom. The van der Waals surface area contributed by atoms with Crippen LogP contribution in [0, 0.1) is 11.3 Å². The van der Waals surface area contributed by atoms with Crippen LogP contribution < -0.4 is 10.6 Å². The number of nitrogens with one attached hydrogen (secondary N) is 2. The van der Waals surface area contributed by atoms with E-state index in [4.69, 9.17) is 23.2 Å². The van der Waals surface area contributed by atoms with Crippen molar-refractivity contribution in [3.8, 4) is 0 Å². The van der Waals surface area contributed by atoms with E-state index in [1.807, 2.05) is 20.8 Å². The summed E-state index contributed by atoms with van der Waals surface area (Å²) < 4.78 is 0. The van der Waals surface area contributed by atoms with Crippen LogP contribution in [0.2, 0.25) is 10.0 Å². The van der Waals surface area contributed by atoms with E-state index >= 15 is 0 Å². The molecule has 3 aliphatic rings. The van der Waals surface area contributed by atoms with Crippen molar-refractivity contribution >= 4 is 52.6 Å². The lowest BCUT2D eigenvalue weighted by atomic mass is 9.73. The Hall–Kier alpha value is -3.17. The van der Waals surface area contributed by atoms with E-state index in [1.54, 1.807) is 29.2 Å². The van der Waals surface area contributed by atoms with Crippen molar-refractivity contribution in [3.05, 3.63) is 57.8 Å². The Kier molecular flexibility index (Phi) is 8.51. The summed E-state index contributed by atoms with van der Waals surface area (Å²) >= 11 is 12.1. The van der Waals surface area contributed by atoms with Gasteiger partial charge in [-0.1, -0.05) is 56.1 Å². The maximum atomic E-state index is 13.5. The van der Waals surface area contributed by atoms with Gasteiger partial charge in [0.15, 0.2) is 0 Å². The summed E-state index contributed by atoms with van der Waals surface area (Å²) in [5, 5.41) is 15.5. The molecule has 3 amide bonds. The van der Waals surface area contributed by atoms with Crippen LogP contribution in [0.3, 0.4) is 0 Å². The molecule has 3 N–H and O–H groups in total. The zero-order valence-electron chi connectivity index (χ0n) is 22.0.